The van der Waals surface area contributed by atoms with Crippen LogP contribution in [0.15, 0.2) is 48.8 Å². The second-order valence-electron chi connectivity index (χ2n) is 5.20. The molecule has 0 aliphatic carbocycles. The number of benzene rings is 1. The maximum Gasteiger partial charge on any atom is 0.248 e. The quantitative estimate of drug-likeness (QED) is 0.881. The van der Waals surface area contributed by atoms with Gasteiger partial charge in [0, 0.05) is 19.2 Å². The van der Waals surface area contributed by atoms with Gasteiger partial charge in [-0.15, -0.1) is 0 Å². The Morgan fingerprint density at radius 1 is 1.09 bits per heavy atom. The molecule has 1 aromatic heterocycles. The summed E-state index contributed by atoms with van der Waals surface area (Å²) in [5.74, 6) is 0.539. The van der Waals surface area contributed by atoms with Crippen molar-refractivity contribution >= 4 is 23.6 Å². The van der Waals surface area contributed by atoms with E-state index in [2.05, 4.69) is 20.2 Å². The number of anilines is 2. The summed E-state index contributed by atoms with van der Waals surface area (Å²) in [5.41, 5.74) is 1.59. The van der Waals surface area contributed by atoms with Crippen LogP contribution in [0.4, 0.5) is 11.6 Å². The van der Waals surface area contributed by atoms with Crippen molar-refractivity contribution in [2.45, 2.75) is 12.8 Å². The van der Waals surface area contributed by atoms with Gasteiger partial charge in [-0.2, -0.15) is 0 Å². The van der Waals surface area contributed by atoms with E-state index in [1.165, 1.54) is 18.9 Å². The summed E-state index contributed by atoms with van der Waals surface area (Å²) in [5, 5.41) is 2.76. The van der Waals surface area contributed by atoms with Gasteiger partial charge in [-0.25, -0.2) is 9.97 Å². The van der Waals surface area contributed by atoms with Gasteiger partial charge in [0.25, 0.3) is 0 Å². The fraction of sp³-hybridized carbons (Fsp3) is 0.235. The molecule has 5 heteroatoms. The van der Waals surface area contributed by atoms with E-state index in [4.69, 9.17) is 0 Å². The summed E-state index contributed by atoms with van der Waals surface area (Å²) in [4.78, 5) is 22.6. The standard InChI is InChI=1S/C17H18N4O/c22-16(9-8-14-6-2-1-3-7-14)20-15-12-18-17(19-13-15)21-10-4-5-11-21/h1-3,6-9,12-13H,4-5,10-11H2,(H,20,22)/b9-8+. The third kappa shape index (κ3) is 3.69. The first-order chi connectivity index (χ1) is 10.8. The molecule has 0 unspecified atom stereocenters. The van der Waals surface area contributed by atoms with Crippen molar-refractivity contribution in [3.8, 4) is 0 Å². The van der Waals surface area contributed by atoms with Gasteiger partial charge in [-0.1, -0.05) is 30.3 Å². The average Bonchev–Trinajstić information content (AvgIpc) is 3.09. The molecule has 0 saturated carbocycles. The number of rotatable bonds is 4. The highest BCUT2D eigenvalue weighted by Gasteiger charge is 2.14. The van der Waals surface area contributed by atoms with Crippen LogP contribution in [0.1, 0.15) is 18.4 Å². The van der Waals surface area contributed by atoms with E-state index in [0.717, 1.165) is 24.6 Å². The monoisotopic (exact) mass is 294 g/mol. The Hall–Kier alpha value is -2.69. The van der Waals surface area contributed by atoms with E-state index in [1.807, 2.05) is 30.3 Å². The molecule has 0 radical (unpaired) electrons. The van der Waals surface area contributed by atoms with E-state index in [0.29, 0.717) is 5.69 Å². The highest BCUT2D eigenvalue weighted by Crippen LogP contribution is 2.16. The number of nitrogens with zero attached hydrogens (tertiary/aromatic N) is 3. The van der Waals surface area contributed by atoms with Crippen molar-refractivity contribution in [2.24, 2.45) is 0 Å². The zero-order valence-electron chi connectivity index (χ0n) is 12.3. The molecule has 1 amide bonds. The summed E-state index contributed by atoms with van der Waals surface area (Å²) >= 11 is 0. The predicted octanol–water partition coefficient (Wildman–Crippen LogP) is 2.73. The van der Waals surface area contributed by atoms with Crippen LogP contribution in [0.2, 0.25) is 0 Å². The molecule has 0 atom stereocenters. The van der Waals surface area contributed by atoms with E-state index in [1.54, 1.807) is 18.5 Å². The Balaban J connectivity index is 1.58. The Morgan fingerprint density at radius 2 is 1.77 bits per heavy atom. The molecule has 0 bridgehead atoms. The van der Waals surface area contributed by atoms with Gasteiger partial charge in [0.05, 0.1) is 18.1 Å². The van der Waals surface area contributed by atoms with E-state index in [9.17, 15) is 4.79 Å². The summed E-state index contributed by atoms with van der Waals surface area (Å²) in [7, 11) is 0. The minimum absolute atomic E-state index is 0.193. The SMILES string of the molecule is O=C(/C=C/c1ccccc1)Nc1cnc(N2CCCC2)nc1. The van der Waals surface area contributed by atoms with Crippen LogP contribution in [-0.4, -0.2) is 29.0 Å². The lowest BCUT2D eigenvalue weighted by molar-refractivity contribution is -0.111. The van der Waals surface area contributed by atoms with Gasteiger partial charge in [-0.05, 0) is 24.5 Å². The van der Waals surface area contributed by atoms with E-state index >= 15 is 0 Å². The Morgan fingerprint density at radius 3 is 2.45 bits per heavy atom. The number of amides is 1. The van der Waals surface area contributed by atoms with Crippen LogP contribution in [0.25, 0.3) is 6.08 Å². The first-order valence-electron chi connectivity index (χ1n) is 7.42. The lowest BCUT2D eigenvalue weighted by Crippen LogP contribution is -2.20. The molecule has 0 spiro atoms. The van der Waals surface area contributed by atoms with Crippen molar-refractivity contribution < 1.29 is 4.79 Å². The molecule has 3 rings (SSSR count). The molecule has 22 heavy (non-hydrogen) atoms. The topological polar surface area (TPSA) is 58.1 Å². The van der Waals surface area contributed by atoms with Gasteiger partial charge >= 0.3 is 0 Å². The number of aromatic nitrogens is 2. The average molecular weight is 294 g/mol. The van der Waals surface area contributed by atoms with Gasteiger partial charge < -0.3 is 10.2 Å². The first-order valence-corrected chi connectivity index (χ1v) is 7.42. The van der Waals surface area contributed by atoms with E-state index < -0.39 is 0 Å². The lowest BCUT2D eigenvalue weighted by atomic mass is 10.2. The molecular weight excluding hydrogens is 276 g/mol. The molecule has 1 aliphatic rings. The van der Waals surface area contributed by atoms with Gasteiger partial charge in [0.2, 0.25) is 11.9 Å². The number of hydrogen-bond acceptors (Lipinski definition) is 4. The molecule has 1 aliphatic heterocycles. The Labute approximate surface area is 129 Å². The predicted molar refractivity (Wildman–Crippen MR) is 87.6 cm³/mol. The summed E-state index contributed by atoms with van der Waals surface area (Å²) < 4.78 is 0. The summed E-state index contributed by atoms with van der Waals surface area (Å²) in [6.45, 7) is 2.01. The minimum atomic E-state index is -0.193. The van der Waals surface area contributed by atoms with Gasteiger partial charge in [0.15, 0.2) is 0 Å². The largest absolute Gasteiger partial charge is 0.341 e. The second-order valence-corrected chi connectivity index (χ2v) is 5.20. The molecule has 2 heterocycles. The van der Waals surface area contributed by atoms with Gasteiger partial charge in [0.1, 0.15) is 0 Å². The van der Waals surface area contributed by atoms with Crippen molar-refractivity contribution in [3.05, 3.63) is 54.4 Å². The highest BCUT2D eigenvalue weighted by molar-refractivity contribution is 6.01. The van der Waals surface area contributed by atoms with Crippen LogP contribution < -0.4 is 10.2 Å². The number of hydrogen-bond donors (Lipinski definition) is 1. The Bertz CT molecular complexity index is 646. The van der Waals surface area contributed by atoms with Crippen molar-refractivity contribution in [3.63, 3.8) is 0 Å². The number of carbonyl (C=O) groups excluding carboxylic acids is 1. The summed E-state index contributed by atoms with van der Waals surface area (Å²) in [6, 6.07) is 9.69. The molecule has 1 N–H and O–H groups in total. The van der Waals surface area contributed by atoms with Crippen LogP contribution in [0.3, 0.4) is 0 Å². The minimum Gasteiger partial charge on any atom is -0.341 e. The fourth-order valence-corrected chi connectivity index (χ4v) is 2.39. The number of nitrogens with one attached hydrogen (secondary N) is 1. The third-order valence-corrected chi connectivity index (χ3v) is 3.52. The van der Waals surface area contributed by atoms with Crippen molar-refractivity contribution in [1.29, 1.82) is 0 Å². The van der Waals surface area contributed by atoms with Crippen molar-refractivity contribution in [2.75, 3.05) is 23.3 Å². The van der Waals surface area contributed by atoms with E-state index in [-0.39, 0.29) is 5.91 Å². The smallest absolute Gasteiger partial charge is 0.248 e. The van der Waals surface area contributed by atoms with Crippen LogP contribution in [0.5, 0.6) is 0 Å². The maximum atomic E-state index is 11.9. The molecule has 5 nitrogen and oxygen atoms in total. The van der Waals surface area contributed by atoms with Crippen molar-refractivity contribution in [1.82, 2.24) is 9.97 Å². The normalized spacial score (nSPS) is 14.5. The summed E-state index contributed by atoms with van der Waals surface area (Å²) in [6.07, 6.45) is 8.95. The maximum absolute atomic E-state index is 11.9. The molecular formula is C17H18N4O. The zero-order valence-corrected chi connectivity index (χ0v) is 12.3. The second kappa shape index (κ2) is 6.85. The lowest BCUT2D eigenvalue weighted by Gasteiger charge is -2.14. The first kappa shape index (κ1) is 14.3. The van der Waals surface area contributed by atoms with Gasteiger partial charge in [-0.3, -0.25) is 4.79 Å². The molecule has 1 aromatic carbocycles. The molecule has 2 aromatic rings. The highest BCUT2D eigenvalue weighted by atomic mass is 16.1. The number of carbonyl (C=O) groups is 1. The Kier molecular flexibility index (Phi) is 4.44. The fourth-order valence-electron chi connectivity index (χ4n) is 2.39. The molecule has 112 valence electrons. The van der Waals surface area contributed by atoms with Crippen LogP contribution in [-0.2, 0) is 4.79 Å². The third-order valence-electron chi connectivity index (χ3n) is 3.52. The van der Waals surface area contributed by atoms with Crippen LogP contribution in [0, 0.1) is 0 Å². The van der Waals surface area contributed by atoms with Crippen LogP contribution >= 0.6 is 0 Å². The molecule has 1 saturated heterocycles. The molecule has 1 fully saturated rings. The zero-order chi connectivity index (χ0) is 15.2.